The first-order valence-corrected chi connectivity index (χ1v) is 6.72. The van der Waals surface area contributed by atoms with Crippen LogP contribution in [0.25, 0.3) is 0 Å². The quantitative estimate of drug-likeness (QED) is 0.453. The second-order valence-corrected chi connectivity index (χ2v) is 4.91. The molecule has 3 atom stereocenters. The molecule has 0 saturated carbocycles. The van der Waals surface area contributed by atoms with Gasteiger partial charge in [-0.1, -0.05) is 0 Å². The first-order chi connectivity index (χ1) is 8.65. The highest BCUT2D eigenvalue weighted by atomic mass is 28.3. The zero-order valence-electron chi connectivity index (χ0n) is 10.6. The zero-order valence-corrected chi connectivity index (χ0v) is 11.8. The lowest BCUT2D eigenvalue weighted by molar-refractivity contribution is -0.157. The number of aliphatic hydroxyl groups is 3. The summed E-state index contributed by atoms with van der Waals surface area (Å²) in [5, 5.41) is 26.8. The Morgan fingerprint density at radius 1 is 0.737 bits per heavy atom. The van der Waals surface area contributed by atoms with Crippen LogP contribution in [0.15, 0.2) is 0 Å². The Hall–Kier alpha value is -1.49. The van der Waals surface area contributed by atoms with Crippen LogP contribution < -0.4 is 0 Å². The zero-order chi connectivity index (χ0) is 15.2. The average molecular weight is 296 g/mol. The molecule has 0 aromatic rings. The fraction of sp³-hybridized carbons (Fsp3) is 0.667. The maximum Gasteiger partial charge on any atom is 0.689 e. The maximum absolute atomic E-state index is 11.1. The van der Waals surface area contributed by atoms with Gasteiger partial charge in [0, 0.05) is 0 Å². The molecular formula is C9H16O9Si. The lowest BCUT2D eigenvalue weighted by Crippen LogP contribution is -2.41. The molecule has 0 amide bonds. The van der Waals surface area contributed by atoms with Crippen LogP contribution in [0.2, 0.25) is 0 Å². The van der Waals surface area contributed by atoms with E-state index in [0.29, 0.717) is 0 Å². The molecule has 0 aromatic heterocycles. The largest absolute Gasteiger partial charge is 0.689 e. The van der Waals surface area contributed by atoms with Gasteiger partial charge in [-0.25, -0.2) is 0 Å². The molecule has 0 aliphatic carbocycles. The molecule has 10 heteroatoms. The Morgan fingerprint density at radius 3 is 1.11 bits per heavy atom. The SMILES string of the molecule is CC(O)C(=O)O[SiH](OC(=O)C(C)O)OC(=O)C(C)O. The summed E-state index contributed by atoms with van der Waals surface area (Å²) in [4.78, 5) is 33.3. The van der Waals surface area contributed by atoms with Crippen LogP contribution in [-0.4, -0.2) is 61.1 Å². The van der Waals surface area contributed by atoms with Gasteiger partial charge in [0.1, 0.15) is 18.3 Å². The number of carbonyl (C=O) groups excluding carboxylic acids is 3. The summed E-state index contributed by atoms with van der Waals surface area (Å²) in [5.41, 5.74) is 0. The summed E-state index contributed by atoms with van der Waals surface area (Å²) in [5.74, 6) is -3.48. The van der Waals surface area contributed by atoms with Gasteiger partial charge in [0.25, 0.3) is 0 Å². The van der Waals surface area contributed by atoms with E-state index in [1.807, 2.05) is 0 Å². The van der Waals surface area contributed by atoms with E-state index in [-0.39, 0.29) is 0 Å². The van der Waals surface area contributed by atoms with Gasteiger partial charge < -0.3 is 28.6 Å². The average Bonchev–Trinajstić information content (AvgIpc) is 2.27. The minimum Gasteiger partial charge on any atom is -0.455 e. The standard InChI is InChI=1S/C9H16O9Si/c1-4(10)7(13)16-19(17-8(14)5(2)11)18-9(15)6(3)12/h4-6,10-12,19H,1-3H3. The molecule has 0 heterocycles. The molecule has 0 bridgehead atoms. The van der Waals surface area contributed by atoms with Gasteiger partial charge in [-0.2, -0.15) is 0 Å². The molecule has 0 radical (unpaired) electrons. The minimum absolute atomic E-state index is 1.10. The molecular weight excluding hydrogens is 280 g/mol. The molecule has 110 valence electrons. The number of aliphatic hydroxyl groups excluding tert-OH is 3. The van der Waals surface area contributed by atoms with Crippen molar-refractivity contribution in [3.05, 3.63) is 0 Å². The first kappa shape index (κ1) is 17.5. The van der Waals surface area contributed by atoms with E-state index in [9.17, 15) is 14.4 Å². The summed E-state index contributed by atoms with van der Waals surface area (Å²) in [6, 6.07) is 0. The molecule has 0 aromatic carbocycles. The molecule has 0 aliphatic rings. The Balaban J connectivity index is 4.68. The van der Waals surface area contributed by atoms with Crippen molar-refractivity contribution in [2.45, 2.75) is 39.1 Å². The van der Waals surface area contributed by atoms with Gasteiger partial charge in [0.2, 0.25) is 0 Å². The van der Waals surface area contributed by atoms with Gasteiger partial charge in [-0.15, -0.1) is 0 Å². The van der Waals surface area contributed by atoms with Crippen LogP contribution in [0, 0.1) is 0 Å². The Kier molecular flexibility index (Phi) is 7.22. The fourth-order valence-corrected chi connectivity index (χ4v) is 1.96. The van der Waals surface area contributed by atoms with Crippen LogP contribution in [-0.2, 0) is 27.7 Å². The molecule has 3 N–H and O–H groups in total. The Morgan fingerprint density at radius 2 is 0.947 bits per heavy atom. The second kappa shape index (κ2) is 7.84. The summed E-state index contributed by atoms with van der Waals surface area (Å²) >= 11 is 0. The number of hydrogen-bond acceptors (Lipinski definition) is 9. The molecule has 0 saturated heterocycles. The third kappa shape index (κ3) is 6.86. The van der Waals surface area contributed by atoms with E-state index in [1.165, 1.54) is 0 Å². The van der Waals surface area contributed by atoms with Crippen molar-refractivity contribution in [2.75, 3.05) is 0 Å². The molecule has 9 nitrogen and oxygen atoms in total. The summed E-state index contributed by atoms with van der Waals surface area (Å²) < 4.78 is 13.5. The van der Waals surface area contributed by atoms with E-state index >= 15 is 0 Å². The van der Waals surface area contributed by atoms with E-state index in [0.717, 1.165) is 20.8 Å². The topological polar surface area (TPSA) is 140 Å². The third-order valence-electron chi connectivity index (χ3n) is 1.66. The summed E-state index contributed by atoms with van der Waals surface area (Å²) in [6.07, 6.45) is -4.53. The monoisotopic (exact) mass is 296 g/mol. The van der Waals surface area contributed by atoms with E-state index in [4.69, 9.17) is 15.3 Å². The lowest BCUT2D eigenvalue weighted by atomic mass is 10.4. The van der Waals surface area contributed by atoms with Gasteiger partial charge in [0.05, 0.1) is 0 Å². The van der Waals surface area contributed by atoms with E-state index in [2.05, 4.69) is 13.3 Å². The van der Waals surface area contributed by atoms with Crippen molar-refractivity contribution in [2.24, 2.45) is 0 Å². The summed E-state index contributed by atoms with van der Waals surface area (Å²) in [7, 11) is -3.60. The molecule has 0 fully saturated rings. The van der Waals surface area contributed by atoms with Crippen molar-refractivity contribution in [1.82, 2.24) is 0 Å². The molecule has 0 spiro atoms. The molecule has 0 rings (SSSR count). The van der Waals surface area contributed by atoms with Crippen molar-refractivity contribution < 1.29 is 43.0 Å². The van der Waals surface area contributed by atoms with Gasteiger partial charge in [-0.05, 0) is 20.8 Å². The number of rotatable bonds is 6. The highest BCUT2D eigenvalue weighted by Crippen LogP contribution is 2.01. The second-order valence-electron chi connectivity index (χ2n) is 3.63. The van der Waals surface area contributed by atoms with E-state index in [1.54, 1.807) is 0 Å². The smallest absolute Gasteiger partial charge is 0.455 e. The minimum atomic E-state index is -3.60. The number of carbonyl (C=O) groups is 3. The van der Waals surface area contributed by atoms with Crippen LogP contribution in [0.3, 0.4) is 0 Å². The highest BCUT2D eigenvalue weighted by molar-refractivity contribution is 6.44. The normalized spacial score (nSPS) is 16.7. The van der Waals surface area contributed by atoms with Crippen molar-refractivity contribution >= 4 is 27.4 Å². The van der Waals surface area contributed by atoms with Crippen molar-refractivity contribution in [3.63, 3.8) is 0 Å². The molecule has 19 heavy (non-hydrogen) atoms. The Labute approximate surface area is 110 Å². The number of hydrogen-bond donors (Lipinski definition) is 3. The molecule has 3 unspecified atom stereocenters. The summed E-state index contributed by atoms with van der Waals surface area (Å²) in [6.45, 7) is 3.29. The first-order valence-electron chi connectivity index (χ1n) is 5.30. The molecule has 0 aliphatic heterocycles. The predicted molar refractivity (Wildman–Crippen MR) is 60.5 cm³/mol. The lowest BCUT2D eigenvalue weighted by Gasteiger charge is -2.18. The highest BCUT2D eigenvalue weighted by Gasteiger charge is 2.33. The van der Waals surface area contributed by atoms with Crippen LogP contribution in [0.5, 0.6) is 0 Å². The van der Waals surface area contributed by atoms with Gasteiger partial charge in [0.15, 0.2) is 0 Å². The van der Waals surface area contributed by atoms with Crippen LogP contribution in [0.4, 0.5) is 0 Å². The maximum atomic E-state index is 11.1. The van der Waals surface area contributed by atoms with Crippen LogP contribution >= 0.6 is 0 Å². The van der Waals surface area contributed by atoms with Gasteiger partial charge in [-0.3, -0.25) is 14.4 Å². The third-order valence-corrected chi connectivity index (χ3v) is 2.93. The van der Waals surface area contributed by atoms with E-state index < -0.39 is 45.7 Å². The van der Waals surface area contributed by atoms with Gasteiger partial charge >= 0.3 is 27.4 Å². The fourth-order valence-electron chi connectivity index (χ4n) is 0.652. The van der Waals surface area contributed by atoms with Crippen molar-refractivity contribution in [3.8, 4) is 0 Å². The Bertz CT molecular complexity index is 286. The van der Waals surface area contributed by atoms with Crippen molar-refractivity contribution in [1.29, 1.82) is 0 Å². The predicted octanol–water partition coefficient (Wildman–Crippen LogP) is -2.52. The van der Waals surface area contributed by atoms with Crippen LogP contribution in [0.1, 0.15) is 20.8 Å².